The van der Waals surface area contributed by atoms with Crippen molar-refractivity contribution in [1.82, 2.24) is 10.2 Å². The van der Waals surface area contributed by atoms with Gasteiger partial charge < -0.3 is 16.0 Å². The van der Waals surface area contributed by atoms with E-state index >= 15 is 0 Å². The summed E-state index contributed by atoms with van der Waals surface area (Å²) in [6.07, 6.45) is 1.96. The molecule has 0 aromatic heterocycles. The van der Waals surface area contributed by atoms with Crippen molar-refractivity contribution in [2.24, 2.45) is 5.73 Å². The van der Waals surface area contributed by atoms with Gasteiger partial charge in [0.2, 0.25) is 0 Å². The minimum absolute atomic E-state index is 0.232. The summed E-state index contributed by atoms with van der Waals surface area (Å²) in [6.45, 7) is 2.40. The van der Waals surface area contributed by atoms with Crippen molar-refractivity contribution in [3.63, 3.8) is 0 Å². The number of rotatable bonds is 4. The van der Waals surface area contributed by atoms with E-state index in [1.165, 1.54) is 19.4 Å². The van der Waals surface area contributed by atoms with E-state index in [9.17, 15) is 8.78 Å². The molecule has 2 unspecified atom stereocenters. The Morgan fingerprint density at radius 1 is 1.44 bits per heavy atom. The van der Waals surface area contributed by atoms with E-state index in [1.807, 2.05) is 0 Å². The van der Waals surface area contributed by atoms with Crippen LogP contribution in [-0.4, -0.2) is 49.1 Å². The first kappa shape index (κ1) is 12.2. The number of hydrogen-bond acceptors (Lipinski definition) is 3. The second-order valence-electron chi connectivity index (χ2n) is 5.04. The number of alkyl halides is 2. The smallest absolute Gasteiger partial charge is 0.250 e. The highest BCUT2D eigenvalue weighted by atomic mass is 19.3. The SMILES string of the molecule is NCC1(NCC(F)F)CCN2CCCC2C1. The van der Waals surface area contributed by atoms with Crippen LogP contribution in [0.25, 0.3) is 0 Å². The molecule has 0 aromatic rings. The molecule has 2 saturated heterocycles. The van der Waals surface area contributed by atoms with E-state index in [2.05, 4.69) is 10.2 Å². The summed E-state index contributed by atoms with van der Waals surface area (Å²) in [5.41, 5.74) is 5.53. The predicted molar refractivity (Wildman–Crippen MR) is 59.6 cm³/mol. The summed E-state index contributed by atoms with van der Waals surface area (Å²) in [4.78, 5) is 2.47. The zero-order valence-corrected chi connectivity index (χ0v) is 9.59. The summed E-state index contributed by atoms with van der Waals surface area (Å²) in [5.74, 6) is 0. The van der Waals surface area contributed by atoms with E-state index in [1.54, 1.807) is 0 Å². The molecular weight excluding hydrogens is 212 g/mol. The van der Waals surface area contributed by atoms with Gasteiger partial charge in [-0.2, -0.15) is 0 Å². The predicted octanol–water partition coefficient (Wildman–Crippen LogP) is 0.797. The van der Waals surface area contributed by atoms with Crippen LogP contribution in [0.3, 0.4) is 0 Å². The van der Waals surface area contributed by atoms with Crippen molar-refractivity contribution in [1.29, 1.82) is 0 Å². The maximum Gasteiger partial charge on any atom is 0.250 e. The highest BCUT2D eigenvalue weighted by Crippen LogP contribution is 2.32. The van der Waals surface area contributed by atoms with Crippen LogP contribution in [0, 0.1) is 0 Å². The monoisotopic (exact) mass is 233 g/mol. The second-order valence-corrected chi connectivity index (χ2v) is 5.04. The third-order valence-corrected chi connectivity index (χ3v) is 4.03. The van der Waals surface area contributed by atoms with Gasteiger partial charge in [-0.15, -0.1) is 0 Å². The van der Waals surface area contributed by atoms with Gasteiger partial charge in [0, 0.05) is 24.7 Å². The number of hydrogen-bond donors (Lipinski definition) is 2. The molecule has 2 rings (SSSR count). The molecule has 0 radical (unpaired) electrons. The summed E-state index contributed by atoms with van der Waals surface area (Å²) in [7, 11) is 0. The summed E-state index contributed by atoms with van der Waals surface area (Å²) >= 11 is 0. The zero-order valence-electron chi connectivity index (χ0n) is 9.59. The normalized spacial score (nSPS) is 35.6. The minimum atomic E-state index is -2.29. The summed E-state index contributed by atoms with van der Waals surface area (Å²) in [5, 5.41) is 3.00. The van der Waals surface area contributed by atoms with Crippen LogP contribution in [0.15, 0.2) is 0 Å². The van der Waals surface area contributed by atoms with Crippen LogP contribution in [0.2, 0.25) is 0 Å². The Morgan fingerprint density at radius 2 is 2.25 bits per heavy atom. The molecule has 0 saturated carbocycles. The van der Waals surface area contributed by atoms with Crippen molar-refractivity contribution >= 4 is 0 Å². The number of nitrogens with one attached hydrogen (secondary N) is 1. The summed E-state index contributed by atoms with van der Waals surface area (Å²) in [6, 6.07) is 0.558. The van der Waals surface area contributed by atoms with Crippen LogP contribution in [-0.2, 0) is 0 Å². The molecule has 0 spiro atoms. The molecule has 2 aliphatic heterocycles. The lowest BCUT2D eigenvalue weighted by Crippen LogP contribution is -2.60. The fourth-order valence-corrected chi connectivity index (χ4v) is 3.04. The molecule has 2 fully saturated rings. The first-order valence-corrected chi connectivity index (χ1v) is 6.12. The van der Waals surface area contributed by atoms with Crippen LogP contribution in [0.1, 0.15) is 25.7 Å². The second kappa shape index (κ2) is 4.94. The third kappa shape index (κ3) is 2.52. The maximum absolute atomic E-state index is 12.3. The largest absolute Gasteiger partial charge is 0.329 e. The highest BCUT2D eigenvalue weighted by molar-refractivity contribution is 5.00. The molecule has 3 nitrogen and oxygen atoms in total. The lowest BCUT2D eigenvalue weighted by Gasteiger charge is -2.44. The summed E-state index contributed by atoms with van der Waals surface area (Å²) < 4.78 is 24.5. The number of fused-ring (bicyclic) bond motifs is 1. The number of nitrogens with two attached hydrogens (primary N) is 1. The van der Waals surface area contributed by atoms with E-state index in [4.69, 9.17) is 5.73 Å². The van der Waals surface area contributed by atoms with E-state index < -0.39 is 6.43 Å². The van der Waals surface area contributed by atoms with Gasteiger partial charge in [-0.3, -0.25) is 0 Å². The fourth-order valence-electron chi connectivity index (χ4n) is 3.04. The van der Waals surface area contributed by atoms with E-state index in [0.29, 0.717) is 12.6 Å². The molecule has 5 heteroatoms. The van der Waals surface area contributed by atoms with E-state index in [-0.39, 0.29) is 12.1 Å². The molecule has 0 amide bonds. The minimum Gasteiger partial charge on any atom is -0.329 e. The Hall–Kier alpha value is -0.260. The molecule has 2 heterocycles. The number of nitrogens with zero attached hydrogens (tertiary/aromatic N) is 1. The van der Waals surface area contributed by atoms with Crippen LogP contribution >= 0.6 is 0 Å². The van der Waals surface area contributed by atoms with Crippen molar-refractivity contribution < 1.29 is 8.78 Å². The van der Waals surface area contributed by atoms with Crippen molar-refractivity contribution in [2.45, 2.75) is 43.7 Å². The average molecular weight is 233 g/mol. The molecule has 3 N–H and O–H groups in total. The molecule has 0 aromatic carbocycles. The lowest BCUT2D eigenvalue weighted by atomic mass is 9.83. The van der Waals surface area contributed by atoms with Crippen LogP contribution in [0.5, 0.6) is 0 Å². The first-order chi connectivity index (χ1) is 7.65. The van der Waals surface area contributed by atoms with Gasteiger partial charge in [0.05, 0.1) is 6.54 Å². The molecule has 2 atom stereocenters. The molecule has 0 aliphatic carbocycles. The first-order valence-electron chi connectivity index (χ1n) is 6.12. The Kier molecular flexibility index (Phi) is 3.77. The van der Waals surface area contributed by atoms with Gasteiger partial charge in [0.1, 0.15) is 0 Å². The number of halogens is 2. The molecule has 16 heavy (non-hydrogen) atoms. The Morgan fingerprint density at radius 3 is 2.94 bits per heavy atom. The standard InChI is InChI=1S/C11H21F2N3/c12-10(13)7-15-11(8-14)3-5-16-4-1-2-9(16)6-11/h9-10,15H,1-8,14H2. The Balaban J connectivity index is 1.93. The van der Waals surface area contributed by atoms with Crippen molar-refractivity contribution in [3.8, 4) is 0 Å². The third-order valence-electron chi connectivity index (χ3n) is 4.03. The topological polar surface area (TPSA) is 41.3 Å². The van der Waals surface area contributed by atoms with Gasteiger partial charge in [0.15, 0.2) is 0 Å². The molecule has 0 bridgehead atoms. The Labute approximate surface area is 95.4 Å². The van der Waals surface area contributed by atoms with Crippen LogP contribution < -0.4 is 11.1 Å². The van der Waals surface area contributed by atoms with Crippen molar-refractivity contribution in [2.75, 3.05) is 26.2 Å². The average Bonchev–Trinajstić information content (AvgIpc) is 2.73. The molecule has 2 aliphatic rings. The fraction of sp³-hybridized carbons (Fsp3) is 1.00. The van der Waals surface area contributed by atoms with Gasteiger partial charge >= 0.3 is 0 Å². The maximum atomic E-state index is 12.3. The Bertz CT molecular complexity index is 237. The van der Waals surface area contributed by atoms with Crippen LogP contribution in [0.4, 0.5) is 8.78 Å². The molecular formula is C11H21F2N3. The van der Waals surface area contributed by atoms with Crippen molar-refractivity contribution in [3.05, 3.63) is 0 Å². The van der Waals surface area contributed by atoms with Gasteiger partial charge in [0.25, 0.3) is 6.43 Å². The lowest BCUT2D eigenvalue weighted by molar-refractivity contribution is 0.0823. The van der Waals surface area contributed by atoms with Gasteiger partial charge in [-0.05, 0) is 32.2 Å². The van der Waals surface area contributed by atoms with E-state index in [0.717, 1.165) is 19.4 Å². The van der Waals surface area contributed by atoms with Gasteiger partial charge in [-0.25, -0.2) is 8.78 Å². The highest BCUT2D eigenvalue weighted by Gasteiger charge is 2.40. The van der Waals surface area contributed by atoms with Gasteiger partial charge in [-0.1, -0.05) is 0 Å². The molecule has 94 valence electrons. The number of piperidine rings is 1. The quantitative estimate of drug-likeness (QED) is 0.754. The zero-order chi connectivity index (χ0) is 11.6.